The van der Waals surface area contributed by atoms with Crippen molar-refractivity contribution in [3.05, 3.63) is 29.8 Å². The molecular formula is C14H19FN2O. The molecule has 0 saturated heterocycles. The van der Waals surface area contributed by atoms with Crippen molar-refractivity contribution >= 4 is 5.91 Å². The molecule has 3 nitrogen and oxygen atoms in total. The summed E-state index contributed by atoms with van der Waals surface area (Å²) in [5.41, 5.74) is 0.455. The molecule has 1 aromatic rings. The van der Waals surface area contributed by atoms with Crippen LogP contribution in [0.25, 0.3) is 0 Å². The van der Waals surface area contributed by atoms with Gasteiger partial charge in [-0.15, -0.1) is 0 Å². The van der Waals surface area contributed by atoms with Gasteiger partial charge in [0.2, 0.25) is 5.95 Å². The first-order valence-electron chi connectivity index (χ1n) is 6.48. The molecule has 0 N–H and O–H groups in total. The monoisotopic (exact) mass is 250 g/mol. The van der Waals surface area contributed by atoms with E-state index in [4.69, 9.17) is 0 Å². The molecule has 2 rings (SSSR count). The van der Waals surface area contributed by atoms with E-state index in [2.05, 4.69) is 11.9 Å². The van der Waals surface area contributed by atoms with Gasteiger partial charge in [-0.05, 0) is 30.9 Å². The first-order chi connectivity index (χ1) is 8.59. The number of carbonyl (C=O) groups excluding carboxylic acids is 1. The number of aromatic nitrogens is 1. The van der Waals surface area contributed by atoms with Gasteiger partial charge in [0.25, 0.3) is 5.91 Å². The van der Waals surface area contributed by atoms with Crippen molar-refractivity contribution in [2.45, 2.75) is 38.6 Å². The lowest BCUT2D eigenvalue weighted by atomic mass is 9.85. The lowest BCUT2D eigenvalue weighted by Crippen LogP contribution is -2.42. The van der Waals surface area contributed by atoms with E-state index in [1.807, 2.05) is 7.05 Å². The van der Waals surface area contributed by atoms with Gasteiger partial charge >= 0.3 is 0 Å². The van der Waals surface area contributed by atoms with Crippen molar-refractivity contribution in [1.82, 2.24) is 9.88 Å². The van der Waals surface area contributed by atoms with E-state index >= 15 is 0 Å². The van der Waals surface area contributed by atoms with Crippen molar-refractivity contribution < 1.29 is 9.18 Å². The minimum absolute atomic E-state index is 0.0683. The summed E-state index contributed by atoms with van der Waals surface area (Å²) in [5.74, 6) is -0.0948. The third-order valence-electron chi connectivity index (χ3n) is 3.86. The lowest BCUT2D eigenvalue weighted by Gasteiger charge is -2.36. The van der Waals surface area contributed by atoms with Gasteiger partial charge < -0.3 is 4.90 Å². The van der Waals surface area contributed by atoms with Gasteiger partial charge in [0.1, 0.15) is 0 Å². The fraction of sp³-hybridized carbons (Fsp3) is 0.571. The molecule has 98 valence electrons. The van der Waals surface area contributed by atoms with Gasteiger partial charge in [-0.1, -0.05) is 19.8 Å². The van der Waals surface area contributed by atoms with E-state index in [1.54, 1.807) is 4.90 Å². The Morgan fingerprint density at radius 2 is 2.11 bits per heavy atom. The van der Waals surface area contributed by atoms with Crippen LogP contribution in [0.5, 0.6) is 0 Å². The molecule has 1 aromatic heterocycles. The molecule has 18 heavy (non-hydrogen) atoms. The Bertz CT molecular complexity index is 418. The third-order valence-corrected chi connectivity index (χ3v) is 3.86. The highest BCUT2D eigenvalue weighted by atomic mass is 19.1. The first kappa shape index (κ1) is 13.0. The van der Waals surface area contributed by atoms with Crippen LogP contribution in [0.3, 0.4) is 0 Å². The number of hydrogen-bond donors (Lipinski definition) is 0. The molecule has 0 aliphatic heterocycles. The van der Waals surface area contributed by atoms with Gasteiger partial charge in [0.05, 0.1) is 5.56 Å². The predicted molar refractivity (Wildman–Crippen MR) is 67.7 cm³/mol. The van der Waals surface area contributed by atoms with Crippen LogP contribution in [-0.2, 0) is 0 Å². The molecule has 1 amide bonds. The minimum atomic E-state index is -0.555. The summed E-state index contributed by atoms with van der Waals surface area (Å²) in [5, 5.41) is 0. The summed E-state index contributed by atoms with van der Waals surface area (Å²) >= 11 is 0. The highest BCUT2D eigenvalue weighted by Crippen LogP contribution is 2.28. The van der Waals surface area contributed by atoms with Gasteiger partial charge in [0.15, 0.2) is 0 Å². The highest BCUT2D eigenvalue weighted by Gasteiger charge is 2.28. The van der Waals surface area contributed by atoms with Gasteiger partial charge in [-0.2, -0.15) is 4.39 Å². The van der Waals surface area contributed by atoms with Crippen LogP contribution in [0.1, 0.15) is 43.0 Å². The minimum Gasteiger partial charge on any atom is -0.338 e. The van der Waals surface area contributed by atoms with Crippen molar-refractivity contribution in [2.24, 2.45) is 5.92 Å². The SMILES string of the molecule is CC1CCCCC1N(C)C(=O)c1ccc(F)nc1. The fourth-order valence-corrected chi connectivity index (χ4v) is 2.73. The summed E-state index contributed by atoms with van der Waals surface area (Å²) in [6.07, 6.45) is 5.95. The standard InChI is InChI=1S/C14H19FN2O/c1-10-5-3-4-6-12(10)17(2)14(18)11-7-8-13(15)16-9-11/h7-10,12H,3-6H2,1-2H3. The number of nitrogens with zero attached hydrogens (tertiary/aromatic N) is 2. The molecule has 1 heterocycles. The number of halogens is 1. The summed E-state index contributed by atoms with van der Waals surface area (Å²) in [6, 6.07) is 3.01. The third kappa shape index (κ3) is 2.68. The van der Waals surface area contributed by atoms with Crippen LogP contribution in [-0.4, -0.2) is 28.9 Å². The number of pyridine rings is 1. The molecule has 0 radical (unpaired) electrons. The summed E-state index contributed by atoms with van der Waals surface area (Å²) in [7, 11) is 1.83. The first-order valence-corrected chi connectivity index (χ1v) is 6.48. The lowest BCUT2D eigenvalue weighted by molar-refractivity contribution is 0.0628. The fourth-order valence-electron chi connectivity index (χ4n) is 2.73. The van der Waals surface area contributed by atoms with E-state index in [9.17, 15) is 9.18 Å². The number of amides is 1. The van der Waals surface area contributed by atoms with Crippen LogP contribution in [0, 0.1) is 11.9 Å². The number of rotatable bonds is 2. The Morgan fingerprint density at radius 1 is 1.39 bits per heavy atom. The van der Waals surface area contributed by atoms with Crippen LogP contribution < -0.4 is 0 Å². The highest BCUT2D eigenvalue weighted by molar-refractivity contribution is 5.93. The molecule has 2 atom stereocenters. The molecule has 0 aromatic carbocycles. The molecule has 4 heteroatoms. The summed E-state index contributed by atoms with van der Waals surface area (Å²) in [6.45, 7) is 2.19. The average Bonchev–Trinajstić information content (AvgIpc) is 2.38. The zero-order valence-electron chi connectivity index (χ0n) is 10.9. The van der Waals surface area contributed by atoms with Gasteiger partial charge in [-0.25, -0.2) is 4.98 Å². The van der Waals surface area contributed by atoms with Gasteiger partial charge in [0, 0.05) is 19.3 Å². The van der Waals surface area contributed by atoms with Crippen LogP contribution >= 0.6 is 0 Å². The number of carbonyl (C=O) groups is 1. The average molecular weight is 250 g/mol. The van der Waals surface area contributed by atoms with E-state index in [0.717, 1.165) is 6.42 Å². The molecule has 1 fully saturated rings. The second-order valence-electron chi connectivity index (χ2n) is 5.11. The molecule has 2 unspecified atom stereocenters. The summed E-state index contributed by atoms with van der Waals surface area (Å²) in [4.78, 5) is 17.6. The molecule has 0 bridgehead atoms. The zero-order chi connectivity index (χ0) is 13.1. The molecule has 1 aliphatic carbocycles. The maximum Gasteiger partial charge on any atom is 0.255 e. The molecule has 1 saturated carbocycles. The van der Waals surface area contributed by atoms with Crippen molar-refractivity contribution in [2.75, 3.05) is 7.05 Å². The van der Waals surface area contributed by atoms with Crippen molar-refractivity contribution in [3.8, 4) is 0 Å². The van der Waals surface area contributed by atoms with E-state index < -0.39 is 5.95 Å². The largest absolute Gasteiger partial charge is 0.338 e. The Morgan fingerprint density at radius 3 is 2.72 bits per heavy atom. The maximum atomic E-state index is 12.7. The second-order valence-corrected chi connectivity index (χ2v) is 5.11. The van der Waals surface area contributed by atoms with Crippen molar-refractivity contribution in [3.63, 3.8) is 0 Å². The molecule has 0 spiro atoms. The maximum absolute atomic E-state index is 12.7. The molecular weight excluding hydrogens is 231 g/mol. The normalized spacial score (nSPS) is 23.7. The smallest absolute Gasteiger partial charge is 0.255 e. The van der Waals surface area contributed by atoms with E-state index in [1.165, 1.54) is 37.6 Å². The van der Waals surface area contributed by atoms with Crippen LogP contribution in [0.2, 0.25) is 0 Å². The molecule has 1 aliphatic rings. The zero-order valence-corrected chi connectivity index (χ0v) is 10.9. The topological polar surface area (TPSA) is 33.2 Å². The predicted octanol–water partition coefficient (Wildman–Crippen LogP) is 2.87. The van der Waals surface area contributed by atoms with E-state index in [-0.39, 0.29) is 11.9 Å². The summed E-state index contributed by atoms with van der Waals surface area (Å²) < 4.78 is 12.7. The van der Waals surface area contributed by atoms with Gasteiger partial charge in [-0.3, -0.25) is 4.79 Å². The quantitative estimate of drug-likeness (QED) is 0.756. The van der Waals surface area contributed by atoms with Crippen LogP contribution in [0.15, 0.2) is 18.3 Å². The Kier molecular flexibility index (Phi) is 3.94. The Hall–Kier alpha value is -1.45. The van der Waals surface area contributed by atoms with Crippen LogP contribution in [0.4, 0.5) is 4.39 Å². The Balaban J connectivity index is 2.10. The van der Waals surface area contributed by atoms with Crippen molar-refractivity contribution in [1.29, 1.82) is 0 Å². The number of hydrogen-bond acceptors (Lipinski definition) is 2. The second kappa shape index (κ2) is 5.46. The van der Waals surface area contributed by atoms with E-state index in [0.29, 0.717) is 11.5 Å². The Labute approximate surface area is 107 Å².